The Morgan fingerprint density at radius 3 is 2.88 bits per heavy atom. The number of nitrogens with zero attached hydrogens (tertiary/aromatic N) is 1. The van der Waals surface area contributed by atoms with Gasteiger partial charge in [-0.05, 0) is 18.2 Å². The van der Waals surface area contributed by atoms with Gasteiger partial charge in [0.25, 0.3) is 0 Å². The van der Waals surface area contributed by atoms with Crippen molar-refractivity contribution in [2.24, 2.45) is 0 Å². The largest absolute Gasteiger partial charge is 0.488 e. The van der Waals surface area contributed by atoms with Gasteiger partial charge in [-0.15, -0.1) is 0 Å². The highest BCUT2D eigenvalue weighted by molar-refractivity contribution is 6.30. The van der Waals surface area contributed by atoms with Gasteiger partial charge in [0.05, 0.1) is 12.7 Å². The first-order chi connectivity index (χ1) is 8.17. The van der Waals surface area contributed by atoms with Gasteiger partial charge in [0.2, 0.25) is 0 Å². The molecule has 1 saturated heterocycles. The maximum Gasteiger partial charge on any atom is 0.124 e. The number of hydrogen-bond acceptors (Lipinski definition) is 4. The zero-order chi connectivity index (χ0) is 12.3. The first kappa shape index (κ1) is 12.6. The fraction of sp³-hybridized carbons (Fsp3) is 0.500. The highest BCUT2D eigenvalue weighted by atomic mass is 35.5. The van der Waals surface area contributed by atoms with Gasteiger partial charge in [-0.25, -0.2) is 0 Å². The van der Waals surface area contributed by atoms with Crippen LogP contribution in [-0.4, -0.2) is 53.6 Å². The fourth-order valence-corrected chi connectivity index (χ4v) is 2.01. The molecule has 0 unspecified atom stereocenters. The minimum absolute atomic E-state index is 0.138. The van der Waals surface area contributed by atoms with Gasteiger partial charge in [0.1, 0.15) is 11.9 Å². The van der Waals surface area contributed by atoms with E-state index in [1.165, 1.54) is 0 Å². The summed E-state index contributed by atoms with van der Waals surface area (Å²) in [6.45, 7) is 1.83. The van der Waals surface area contributed by atoms with E-state index in [0.29, 0.717) is 11.6 Å². The van der Waals surface area contributed by atoms with Gasteiger partial charge in [-0.1, -0.05) is 17.7 Å². The molecular formula is C12H16ClNO3. The van der Waals surface area contributed by atoms with Crippen LogP contribution < -0.4 is 4.74 Å². The number of aliphatic hydroxyl groups excluding tert-OH is 2. The standard InChI is InChI=1S/C12H16ClNO3/c13-9-2-1-3-11(4-9)17-12-6-14(7-12)5-10(16)8-15/h1-4,10,12,15-16H,5-8H2/t10-/m0/s1. The van der Waals surface area contributed by atoms with Crippen molar-refractivity contribution in [2.45, 2.75) is 12.2 Å². The number of β-amino-alcohol motifs (C(OH)–C–C–N with tert-alkyl or cyclic N) is 1. The number of likely N-dealkylation sites (tertiary alicyclic amines) is 1. The minimum atomic E-state index is -0.665. The summed E-state index contributed by atoms with van der Waals surface area (Å²) >= 11 is 5.85. The topological polar surface area (TPSA) is 52.9 Å². The van der Waals surface area contributed by atoms with Crippen LogP contribution in [-0.2, 0) is 0 Å². The molecule has 0 aliphatic carbocycles. The van der Waals surface area contributed by atoms with Crippen LogP contribution in [0.1, 0.15) is 0 Å². The third-order valence-corrected chi connectivity index (χ3v) is 2.94. The third kappa shape index (κ3) is 3.57. The maximum atomic E-state index is 9.26. The van der Waals surface area contributed by atoms with Crippen molar-refractivity contribution in [1.82, 2.24) is 4.90 Å². The Kier molecular flexibility index (Phi) is 4.23. The molecular weight excluding hydrogens is 242 g/mol. The highest BCUT2D eigenvalue weighted by Crippen LogP contribution is 2.21. The van der Waals surface area contributed by atoms with E-state index in [9.17, 15) is 5.11 Å². The van der Waals surface area contributed by atoms with E-state index in [4.69, 9.17) is 21.4 Å². The molecule has 1 aromatic rings. The second-order valence-electron chi connectivity index (χ2n) is 4.25. The number of aliphatic hydroxyl groups is 2. The van der Waals surface area contributed by atoms with E-state index >= 15 is 0 Å². The average Bonchev–Trinajstić information content (AvgIpc) is 2.26. The third-order valence-electron chi connectivity index (χ3n) is 2.70. The molecule has 94 valence electrons. The summed E-state index contributed by atoms with van der Waals surface area (Å²) in [6.07, 6.45) is -0.526. The van der Waals surface area contributed by atoms with Gasteiger partial charge >= 0.3 is 0 Å². The average molecular weight is 258 g/mol. The molecule has 1 fully saturated rings. The summed E-state index contributed by atoms with van der Waals surface area (Å²) in [4.78, 5) is 2.04. The quantitative estimate of drug-likeness (QED) is 0.818. The van der Waals surface area contributed by atoms with Crippen molar-refractivity contribution < 1.29 is 14.9 Å². The van der Waals surface area contributed by atoms with E-state index in [0.717, 1.165) is 18.8 Å². The van der Waals surface area contributed by atoms with E-state index < -0.39 is 6.10 Å². The second-order valence-corrected chi connectivity index (χ2v) is 4.69. The summed E-state index contributed by atoms with van der Waals surface area (Å²) in [6, 6.07) is 7.31. The lowest BCUT2D eigenvalue weighted by molar-refractivity contribution is -0.0201. The molecule has 0 amide bonds. The van der Waals surface area contributed by atoms with E-state index in [-0.39, 0.29) is 12.7 Å². The molecule has 0 aromatic heterocycles. The number of halogens is 1. The predicted octanol–water partition coefficient (Wildman–Crippen LogP) is 0.756. The van der Waals surface area contributed by atoms with E-state index in [1.54, 1.807) is 12.1 Å². The van der Waals surface area contributed by atoms with Crippen molar-refractivity contribution in [3.8, 4) is 5.75 Å². The van der Waals surface area contributed by atoms with Gasteiger partial charge in [0, 0.05) is 24.7 Å². The predicted molar refractivity (Wildman–Crippen MR) is 65.4 cm³/mol. The molecule has 17 heavy (non-hydrogen) atoms. The molecule has 1 aliphatic rings. The lowest BCUT2D eigenvalue weighted by Crippen LogP contribution is -2.56. The van der Waals surface area contributed by atoms with Crippen LogP contribution in [0.3, 0.4) is 0 Å². The molecule has 5 heteroatoms. The van der Waals surface area contributed by atoms with Crippen LogP contribution in [0.2, 0.25) is 5.02 Å². The molecule has 2 rings (SSSR count). The molecule has 0 bridgehead atoms. The Labute approximate surface area is 105 Å². The molecule has 1 aliphatic heterocycles. The lowest BCUT2D eigenvalue weighted by Gasteiger charge is -2.39. The van der Waals surface area contributed by atoms with Crippen LogP contribution in [0.4, 0.5) is 0 Å². The van der Waals surface area contributed by atoms with Gasteiger partial charge in [0.15, 0.2) is 0 Å². The van der Waals surface area contributed by atoms with Crippen molar-refractivity contribution in [2.75, 3.05) is 26.2 Å². The highest BCUT2D eigenvalue weighted by Gasteiger charge is 2.29. The molecule has 0 radical (unpaired) electrons. The minimum Gasteiger partial charge on any atom is -0.488 e. The Balaban J connectivity index is 1.74. The monoisotopic (exact) mass is 257 g/mol. The zero-order valence-corrected chi connectivity index (χ0v) is 10.2. The first-order valence-electron chi connectivity index (χ1n) is 5.61. The van der Waals surface area contributed by atoms with Crippen LogP contribution in [0.15, 0.2) is 24.3 Å². The lowest BCUT2D eigenvalue weighted by atomic mass is 10.1. The summed E-state index contributed by atoms with van der Waals surface area (Å²) in [5.74, 6) is 0.768. The smallest absolute Gasteiger partial charge is 0.124 e. The molecule has 4 nitrogen and oxygen atoms in total. The van der Waals surface area contributed by atoms with E-state index in [2.05, 4.69) is 0 Å². The van der Waals surface area contributed by atoms with Crippen LogP contribution in [0.5, 0.6) is 5.75 Å². The number of hydrogen-bond donors (Lipinski definition) is 2. The van der Waals surface area contributed by atoms with Gasteiger partial charge in [-0.3, -0.25) is 4.90 Å². The fourth-order valence-electron chi connectivity index (χ4n) is 1.83. The maximum absolute atomic E-state index is 9.26. The molecule has 2 N–H and O–H groups in total. The Morgan fingerprint density at radius 2 is 2.24 bits per heavy atom. The summed E-state index contributed by atoms with van der Waals surface area (Å²) < 4.78 is 5.71. The molecule has 1 aromatic carbocycles. The Morgan fingerprint density at radius 1 is 1.47 bits per heavy atom. The second kappa shape index (κ2) is 5.69. The normalized spacial score (nSPS) is 18.8. The SMILES string of the molecule is OC[C@@H](O)CN1CC(Oc2cccc(Cl)c2)C1. The molecule has 0 saturated carbocycles. The number of benzene rings is 1. The van der Waals surface area contributed by atoms with E-state index in [1.807, 2.05) is 17.0 Å². The van der Waals surface area contributed by atoms with Crippen LogP contribution >= 0.6 is 11.6 Å². The molecule has 1 atom stereocenters. The summed E-state index contributed by atoms with van der Waals surface area (Å²) in [5.41, 5.74) is 0. The van der Waals surface area contributed by atoms with Crippen molar-refractivity contribution in [3.63, 3.8) is 0 Å². The molecule has 1 heterocycles. The first-order valence-corrected chi connectivity index (χ1v) is 5.98. The molecule has 0 spiro atoms. The summed E-state index contributed by atoms with van der Waals surface area (Å²) in [7, 11) is 0. The van der Waals surface area contributed by atoms with Gasteiger partial charge in [-0.2, -0.15) is 0 Å². The Bertz CT molecular complexity index is 369. The number of rotatable bonds is 5. The Hall–Kier alpha value is -0.810. The van der Waals surface area contributed by atoms with Gasteiger partial charge < -0.3 is 14.9 Å². The van der Waals surface area contributed by atoms with Crippen molar-refractivity contribution >= 4 is 11.6 Å². The zero-order valence-electron chi connectivity index (χ0n) is 9.42. The van der Waals surface area contributed by atoms with Crippen molar-refractivity contribution in [3.05, 3.63) is 29.3 Å². The van der Waals surface area contributed by atoms with Crippen LogP contribution in [0, 0.1) is 0 Å². The van der Waals surface area contributed by atoms with Crippen molar-refractivity contribution in [1.29, 1.82) is 0 Å². The van der Waals surface area contributed by atoms with Crippen LogP contribution in [0.25, 0.3) is 0 Å². The summed E-state index contributed by atoms with van der Waals surface area (Å²) in [5, 5.41) is 18.6. The number of ether oxygens (including phenoxy) is 1.